The molecular formula is C49H65N9O4S4. The standard InChI is InChI=1S/C26H34N4O3S2.C12H15N3OS.C11H16N2S/c1-26(2,3)35-18-9-8-16-12-17-14-29(11-10-20(17)30(33)21(16)13-18)23(31)7-5-4-6-22-24-19(15-34-22)27-25(32)28-24;1-12(2,3)17-8-5-9-10(13-6-8)15(4)7-14-11(9)16;1-8(12)9-5-10(7-13-6-9)14-11(2,3)4/h8-9,12-13,19,22,24H,4-7,10-11,14-15H2,1-3H3,(H2,27,28,32);5-7H,1-4H3;5-7H,1,12H2,2-4H3/t19-,22-,24-;;/m0../s1. The average Bonchev–Trinajstić information content (AvgIpc) is 3.78. The highest BCUT2D eigenvalue weighted by Crippen LogP contribution is 2.36. The molecule has 3 amide bonds. The topological polar surface area (TPSA) is 175 Å². The molecule has 0 saturated carbocycles. The molecule has 17 heteroatoms. The van der Waals surface area contributed by atoms with E-state index in [0.29, 0.717) is 53.4 Å². The van der Waals surface area contributed by atoms with E-state index in [-0.39, 0.29) is 43.8 Å². The minimum atomic E-state index is -0.220. The van der Waals surface area contributed by atoms with Crippen LogP contribution in [0.25, 0.3) is 27.6 Å². The zero-order valence-corrected chi connectivity index (χ0v) is 43.2. The predicted molar refractivity (Wildman–Crippen MR) is 275 cm³/mol. The van der Waals surface area contributed by atoms with Gasteiger partial charge in [-0.15, -0.1) is 35.3 Å². The molecule has 3 atom stereocenters. The summed E-state index contributed by atoms with van der Waals surface area (Å²) in [5.41, 5.74) is 9.98. The molecule has 7 heterocycles. The van der Waals surface area contributed by atoms with Crippen molar-refractivity contribution in [3.8, 4) is 0 Å². The first-order valence-corrected chi connectivity index (χ1v) is 25.9. The van der Waals surface area contributed by atoms with E-state index in [1.165, 1.54) is 6.33 Å². The molecule has 3 aliphatic rings. The number of hydrogen-bond acceptors (Lipinski definition) is 12. The molecule has 0 aliphatic carbocycles. The maximum Gasteiger partial charge on any atom is 0.315 e. The Bertz CT molecular complexity index is 2640. The number of amides is 3. The average molecular weight is 972 g/mol. The third-order valence-electron chi connectivity index (χ3n) is 10.7. The Morgan fingerprint density at radius 2 is 1.59 bits per heavy atom. The highest BCUT2D eigenvalue weighted by Gasteiger charge is 2.42. The molecule has 0 spiro atoms. The van der Waals surface area contributed by atoms with Crippen molar-refractivity contribution in [2.24, 2.45) is 12.8 Å². The van der Waals surface area contributed by atoms with Gasteiger partial charge in [0.25, 0.3) is 5.56 Å². The highest BCUT2D eigenvalue weighted by molar-refractivity contribution is 8.01. The lowest BCUT2D eigenvalue weighted by molar-refractivity contribution is -0.587. The van der Waals surface area contributed by atoms with Crippen LogP contribution in [0.5, 0.6) is 0 Å². The fraction of sp³-hybridized carbons (Fsp3) is 0.490. The summed E-state index contributed by atoms with van der Waals surface area (Å²) in [6.07, 6.45) is 10.8. The molecule has 13 nitrogen and oxygen atoms in total. The Hall–Kier alpha value is -4.45. The van der Waals surface area contributed by atoms with Crippen LogP contribution in [0.2, 0.25) is 0 Å². The fourth-order valence-corrected chi connectivity index (χ4v) is 12.5. The van der Waals surface area contributed by atoms with Gasteiger partial charge < -0.3 is 31.0 Å². The zero-order chi connectivity index (χ0) is 48.1. The number of aromatic nitrogens is 5. The molecule has 0 radical (unpaired) electrons. The van der Waals surface area contributed by atoms with Crippen LogP contribution in [0.4, 0.5) is 4.79 Å². The minimum Gasteiger partial charge on any atom is -0.618 e. The second-order valence-electron chi connectivity index (χ2n) is 19.8. The van der Waals surface area contributed by atoms with E-state index < -0.39 is 0 Å². The largest absolute Gasteiger partial charge is 0.618 e. The molecule has 0 unspecified atom stereocenters. The van der Waals surface area contributed by atoms with E-state index in [4.69, 9.17) is 5.73 Å². The van der Waals surface area contributed by atoms with Crippen LogP contribution in [0.1, 0.15) is 105 Å². The first kappa shape index (κ1) is 51.0. The quantitative estimate of drug-likeness (QED) is 0.0421. The number of urea groups is 1. The van der Waals surface area contributed by atoms with E-state index in [0.717, 1.165) is 66.6 Å². The van der Waals surface area contributed by atoms with Gasteiger partial charge >= 0.3 is 6.03 Å². The lowest BCUT2D eigenvalue weighted by Gasteiger charge is -2.28. The van der Waals surface area contributed by atoms with Crippen LogP contribution >= 0.6 is 47.0 Å². The molecule has 8 rings (SSSR count). The Balaban J connectivity index is 0.000000192. The fourth-order valence-electron chi connectivity index (χ4n) is 7.90. The number of benzene rings is 1. The summed E-state index contributed by atoms with van der Waals surface area (Å²) in [6, 6.07) is 12.5. The van der Waals surface area contributed by atoms with Gasteiger partial charge in [0.2, 0.25) is 11.4 Å². The van der Waals surface area contributed by atoms with E-state index in [1.54, 1.807) is 52.2 Å². The lowest BCUT2D eigenvalue weighted by Crippen LogP contribution is -2.43. The second-order valence-corrected chi connectivity index (χ2v) is 26.8. The van der Waals surface area contributed by atoms with Crippen LogP contribution in [0, 0.1) is 5.21 Å². The Morgan fingerprint density at radius 1 is 0.909 bits per heavy atom. The van der Waals surface area contributed by atoms with E-state index in [1.807, 2.05) is 54.2 Å². The van der Waals surface area contributed by atoms with Crippen molar-refractivity contribution in [1.29, 1.82) is 0 Å². The number of thioether (sulfide) groups is 4. The molecule has 0 bridgehead atoms. The Morgan fingerprint density at radius 3 is 2.27 bits per heavy atom. The first-order valence-electron chi connectivity index (χ1n) is 22.4. The molecular weight excluding hydrogens is 907 g/mol. The molecule has 354 valence electrons. The van der Waals surface area contributed by atoms with Crippen molar-refractivity contribution in [2.45, 2.75) is 147 Å². The number of aryl methyl sites for hydroxylation is 1. The maximum atomic E-state index is 13.2. The van der Waals surface area contributed by atoms with Gasteiger partial charge in [-0.1, -0.05) is 75.3 Å². The maximum absolute atomic E-state index is 13.2. The highest BCUT2D eigenvalue weighted by atomic mass is 32.2. The second kappa shape index (κ2) is 21.2. The van der Waals surface area contributed by atoms with Crippen LogP contribution in [-0.2, 0) is 24.8 Å². The summed E-state index contributed by atoms with van der Waals surface area (Å²) in [4.78, 5) is 53.5. The summed E-state index contributed by atoms with van der Waals surface area (Å²) < 4.78 is 3.21. The van der Waals surface area contributed by atoms with Crippen molar-refractivity contribution in [1.82, 2.24) is 35.1 Å². The van der Waals surface area contributed by atoms with Crippen LogP contribution in [0.15, 0.2) is 87.4 Å². The Labute approximate surface area is 406 Å². The Kier molecular flexibility index (Phi) is 16.4. The molecule has 3 aliphatic heterocycles. The van der Waals surface area contributed by atoms with Crippen molar-refractivity contribution in [3.63, 3.8) is 0 Å². The molecule has 1 aromatic carbocycles. The molecule has 2 fully saturated rings. The smallest absolute Gasteiger partial charge is 0.315 e. The van der Waals surface area contributed by atoms with Gasteiger partial charge in [-0.05, 0) is 43.2 Å². The van der Waals surface area contributed by atoms with Crippen molar-refractivity contribution < 1.29 is 14.3 Å². The molecule has 4 aromatic heterocycles. The lowest BCUT2D eigenvalue weighted by atomic mass is 10.0. The van der Waals surface area contributed by atoms with Gasteiger partial charge in [-0.2, -0.15) is 21.5 Å². The number of hydrogen-bond donors (Lipinski definition) is 3. The van der Waals surface area contributed by atoms with Crippen molar-refractivity contribution in [2.75, 3.05) is 12.3 Å². The number of nitrogens with one attached hydrogen (secondary N) is 2. The van der Waals surface area contributed by atoms with Crippen molar-refractivity contribution >= 4 is 86.6 Å². The third kappa shape index (κ3) is 14.0. The predicted octanol–water partition coefficient (Wildman–Crippen LogP) is 9.10. The number of carbonyl (C=O) groups is 2. The first-order chi connectivity index (χ1) is 30.9. The van der Waals surface area contributed by atoms with Crippen LogP contribution in [-0.4, -0.2) is 80.2 Å². The number of nitrogens with two attached hydrogens (primary N) is 1. The van der Waals surface area contributed by atoms with Gasteiger partial charge in [0.15, 0.2) is 5.69 Å². The number of pyridine rings is 3. The van der Waals surface area contributed by atoms with E-state index in [2.05, 4.69) is 107 Å². The number of fused-ring (bicyclic) bond motifs is 4. The van der Waals surface area contributed by atoms with Gasteiger partial charge in [0.05, 0.1) is 30.4 Å². The summed E-state index contributed by atoms with van der Waals surface area (Å²) in [6.45, 7) is 24.2. The normalized spacial score (nSPS) is 18.1. The minimum absolute atomic E-state index is 0.0535. The van der Waals surface area contributed by atoms with E-state index >= 15 is 0 Å². The van der Waals surface area contributed by atoms with Gasteiger partial charge in [0.1, 0.15) is 12.0 Å². The molecule has 2 saturated heterocycles. The number of rotatable bonds is 9. The van der Waals surface area contributed by atoms with Crippen LogP contribution < -0.4 is 26.7 Å². The zero-order valence-electron chi connectivity index (χ0n) is 39.9. The number of unbranched alkanes of at least 4 members (excludes halogenated alkanes) is 1. The third-order valence-corrected chi connectivity index (χ3v) is 15.4. The van der Waals surface area contributed by atoms with Gasteiger partial charge in [0, 0.05) is 107 Å². The summed E-state index contributed by atoms with van der Waals surface area (Å²) in [5, 5.41) is 21.1. The SMILES string of the molecule is C=C(N)c1cncc(SC(C)(C)C)c1.CC(C)(C)Sc1ccc2cc3c([n+]([O-])c2c1)CCN(C(=O)CCCC[C@@H]1SC[C@@H]2NC(=O)N[C@@H]21)C3.Cn1cnc(=O)c2cc(SC(C)(C)C)cnc21. The van der Waals surface area contributed by atoms with E-state index in [9.17, 15) is 19.6 Å². The van der Waals surface area contributed by atoms with Crippen molar-refractivity contribution in [3.05, 3.63) is 100 Å². The number of carbonyl (C=O) groups excluding carboxylic acids is 2. The molecule has 66 heavy (non-hydrogen) atoms. The molecule has 5 aromatic rings. The summed E-state index contributed by atoms with van der Waals surface area (Å²) >= 11 is 7.14. The summed E-state index contributed by atoms with van der Waals surface area (Å²) in [5.74, 6) is 1.13. The van der Waals surface area contributed by atoms with Crippen LogP contribution in [0.3, 0.4) is 0 Å². The van der Waals surface area contributed by atoms with Gasteiger partial charge in [-0.25, -0.2) is 9.78 Å². The summed E-state index contributed by atoms with van der Waals surface area (Å²) in [7, 11) is 1.83. The molecule has 4 N–H and O–H groups in total. The van der Waals surface area contributed by atoms with Gasteiger partial charge in [-0.3, -0.25) is 14.6 Å². The monoisotopic (exact) mass is 971 g/mol. The number of nitrogens with zero attached hydrogens (tertiary/aromatic N) is 6.